The number of fused-ring (bicyclic) bond motifs is 1. The molecule has 0 aromatic heterocycles. The molecule has 2 rings (SSSR count). The molecule has 0 bridgehead atoms. The lowest BCUT2D eigenvalue weighted by atomic mass is 10.0. The number of rotatable bonds is 1. The lowest BCUT2D eigenvalue weighted by Crippen LogP contribution is -2.20. The molecule has 1 aromatic rings. The maximum Gasteiger partial charge on any atom is 0.145 e. The molecule has 0 saturated carbocycles. The van der Waals surface area contributed by atoms with Crippen LogP contribution in [0.5, 0.6) is 11.5 Å². The first-order valence-electron chi connectivity index (χ1n) is 4.58. The number of ether oxygens (including phenoxy) is 2. The van der Waals surface area contributed by atoms with Gasteiger partial charge in [0, 0.05) is 24.1 Å². The third-order valence-corrected chi connectivity index (χ3v) is 2.45. The monoisotopic (exact) mass is 194 g/mol. The van der Waals surface area contributed by atoms with E-state index in [1.807, 2.05) is 6.07 Å². The van der Waals surface area contributed by atoms with Crippen molar-refractivity contribution in [3.05, 3.63) is 17.7 Å². The fraction of sp³-hybridized carbons (Fsp3) is 0.400. The second-order valence-corrected chi connectivity index (χ2v) is 3.38. The van der Waals surface area contributed by atoms with Crippen molar-refractivity contribution in [3.63, 3.8) is 0 Å². The molecule has 0 aliphatic carbocycles. The van der Waals surface area contributed by atoms with Gasteiger partial charge in [-0.25, -0.2) is 0 Å². The second kappa shape index (κ2) is 3.38. The van der Waals surface area contributed by atoms with E-state index in [-0.39, 0.29) is 6.04 Å². The van der Waals surface area contributed by atoms with Crippen molar-refractivity contribution in [2.75, 3.05) is 19.5 Å². The van der Waals surface area contributed by atoms with Crippen LogP contribution in [0.25, 0.3) is 0 Å². The predicted molar refractivity (Wildman–Crippen MR) is 54.4 cm³/mol. The summed E-state index contributed by atoms with van der Waals surface area (Å²) in [6, 6.07) is 3.65. The van der Waals surface area contributed by atoms with E-state index in [0.717, 1.165) is 17.7 Å². The molecule has 0 amide bonds. The van der Waals surface area contributed by atoms with Crippen LogP contribution in [-0.2, 0) is 0 Å². The van der Waals surface area contributed by atoms with E-state index in [2.05, 4.69) is 0 Å². The Labute approximate surface area is 82.8 Å². The van der Waals surface area contributed by atoms with Gasteiger partial charge in [0.05, 0.1) is 19.4 Å². The molecule has 0 unspecified atom stereocenters. The SMILES string of the molecule is COc1cc2c(cc1N)[C@@H](N)CCO2. The number of nitrogen functional groups attached to an aromatic ring is 1. The Morgan fingerprint density at radius 3 is 3.00 bits per heavy atom. The molecule has 0 saturated heterocycles. The lowest BCUT2D eigenvalue weighted by molar-refractivity contribution is 0.267. The zero-order valence-electron chi connectivity index (χ0n) is 8.12. The van der Waals surface area contributed by atoms with Gasteiger partial charge in [0.25, 0.3) is 0 Å². The van der Waals surface area contributed by atoms with E-state index < -0.39 is 0 Å². The largest absolute Gasteiger partial charge is 0.494 e. The molecule has 4 heteroatoms. The van der Waals surface area contributed by atoms with Crippen molar-refractivity contribution in [2.45, 2.75) is 12.5 Å². The van der Waals surface area contributed by atoms with Crippen molar-refractivity contribution >= 4 is 5.69 Å². The minimum absolute atomic E-state index is 0.0203. The average Bonchev–Trinajstić information content (AvgIpc) is 2.19. The molecule has 0 fully saturated rings. The summed E-state index contributed by atoms with van der Waals surface area (Å²) < 4.78 is 10.6. The molecule has 76 valence electrons. The first-order valence-corrected chi connectivity index (χ1v) is 4.58. The summed E-state index contributed by atoms with van der Waals surface area (Å²) >= 11 is 0. The molecule has 1 aromatic carbocycles. The van der Waals surface area contributed by atoms with E-state index in [9.17, 15) is 0 Å². The van der Waals surface area contributed by atoms with Crippen LogP contribution in [0.15, 0.2) is 12.1 Å². The highest BCUT2D eigenvalue weighted by Gasteiger charge is 2.19. The van der Waals surface area contributed by atoms with Crippen LogP contribution in [0.2, 0.25) is 0 Å². The number of hydrogen-bond donors (Lipinski definition) is 2. The van der Waals surface area contributed by atoms with Crippen LogP contribution in [-0.4, -0.2) is 13.7 Å². The maximum atomic E-state index is 5.93. The Morgan fingerprint density at radius 1 is 1.50 bits per heavy atom. The van der Waals surface area contributed by atoms with Gasteiger partial charge in [-0.3, -0.25) is 0 Å². The molecule has 4 nitrogen and oxygen atoms in total. The Bertz CT molecular complexity index is 352. The van der Waals surface area contributed by atoms with E-state index >= 15 is 0 Å². The normalized spacial score (nSPS) is 19.7. The van der Waals surface area contributed by atoms with Crippen molar-refractivity contribution in [3.8, 4) is 11.5 Å². The Kier molecular flexibility index (Phi) is 2.21. The van der Waals surface area contributed by atoms with Crippen molar-refractivity contribution in [1.82, 2.24) is 0 Å². The molecule has 0 spiro atoms. The molecule has 1 aliphatic heterocycles. The average molecular weight is 194 g/mol. The van der Waals surface area contributed by atoms with Crippen molar-refractivity contribution in [1.29, 1.82) is 0 Å². The Morgan fingerprint density at radius 2 is 2.29 bits per heavy atom. The highest BCUT2D eigenvalue weighted by atomic mass is 16.5. The molecule has 14 heavy (non-hydrogen) atoms. The number of nitrogens with two attached hydrogens (primary N) is 2. The molecule has 4 N–H and O–H groups in total. The predicted octanol–water partition coefficient (Wildman–Crippen LogP) is 1.06. The summed E-state index contributed by atoms with van der Waals surface area (Å²) in [4.78, 5) is 0. The Balaban J connectivity index is 2.48. The first-order chi connectivity index (χ1) is 6.72. The maximum absolute atomic E-state index is 5.93. The highest BCUT2D eigenvalue weighted by molar-refractivity contribution is 5.60. The first kappa shape index (κ1) is 9.15. The van der Waals surface area contributed by atoms with E-state index in [0.29, 0.717) is 18.0 Å². The van der Waals surface area contributed by atoms with Gasteiger partial charge in [-0.2, -0.15) is 0 Å². The zero-order chi connectivity index (χ0) is 10.1. The zero-order valence-corrected chi connectivity index (χ0v) is 8.12. The molecular formula is C10H14N2O2. The van der Waals surface area contributed by atoms with Crippen molar-refractivity contribution < 1.29 is 9.47 Å². The summed E-state index contributed by atoms with van der Waals surface area (Å²) in [5.41, 5.74) is 13.3. The molecule has 1 atom stereocenters. The van der Waals surface area contributed by atoms with Crippen LogP contribution in [0, 0.1) is 0 Å². The molecule has 1 aliphatic rings. The number of benzene rings is 1. The molecule has 1 heterocycles. The quantitative estimate of drug-likeness (QED) is 0.656. The number of hydrogen-bond acceptors (Lipinski definition) is 4. The van der Waals surface area contributed by atoms with Gasteiger partial charge in [0.15, 0.2) is 0 Å². The van der Waals surface area contributed by atoms with E-state index in [1.165, 1.54) is 0 Å². The fourth-order valence-electron chi connectivity index (χ4n) is 1.64. The fourth-order valence-corrected chi connectivity index (χ4v) is 1.64. The summed E-state index contributed by atoms with van der Waals surface area (Å²) in [6.07, 6.45) is 0.832. The molecular weight excluding hydrogens is 180 g/mol. The minimum atomic E-state index is 0.0203. The van der Waals surface area contributed by atoms with Gasteiger partial charge >= 0.3 is 0 Å². The smallest absolute Gasteiger partial charge is 0.145 e. The topological polar surface area (TPSA) is 70.5 Å². The third-order valence-electron chi connectivity index (χ3n) is 2.45. The van der Waals surface area contributed by atoms with Gasteiger partial charge in [0.2, 0.25) is 0 Å². The van der Waals surface area contributed by atoms with Gasteiger partial charge in [-0.05, 0) is 6.07 Å². The van der Waals surface area contributed by atoms with Crippen LogP contribution in [0.3, 0.4) is 0 Å². The Hall–Kier alpha value is -1.42. The van der Waals surface area contributed by atoms with Gasteiger partial charge in [0.1, 0.15) is 11.5 Å². The van der Waals surface area contributed by atoms with Crippen LogP contribution in [0.4, 0.5) is 5.69 Å². The molecule has 0 radical (unpaired) electrons. The van der Waals surface area contributed by atoms with Crippen molar-refractivity contribution in [2.24, 2.45) is 5.73 Å². The van der Waals surface area contributed by atoms with E-state index in [4.69, 9.17) is 20.9 Å². The van der Waals surface area contributed by atoms with Crippen LogP contribution in [0.1, 0.15) is 18.0 Å². The summed E-state index contributed by atoms with van der Waals surface area (Å²) in [6.45, 7) is 0.654. The summed E-state index contributed by atoms with van der Waals surface area (Å²) in [7, 11) is 1.58. The number of methoxy groups -OCH3 is 1. The highest BCUT2D eigenvalue weighted by Crippen LogP contribution is 2.37. The number of anilines is 1. The standard InChI is InChI=1S/C10H14N2O2/c1-13-10-5-9-6(4-8(10)12)7(11)2-3-14-9/h4-5,7H,2-3,11-12H2,1H3/t7-/m0/s1. The van der Waals surface area contributed by atoms with E-state index in [1.54, 1.807) is 13.2 Å². The van der Waals surface area contributed by atoms with Crippen LogP contribution < -0.4 is 20.9 Å². The second-order valence-electron chi connectivity index (χ2n) is 3.38. The summed E-state index contributed by atoms with van der Waals surface area (Å²) in [5, 5.41) is 0. The third kappa shape index (κ3) is 1.37. The van der Waals surface area contributed by atoms with Gasteiger partial charge < -0.3 is 20.9 Å². The van der Waals surface area contributed by atoms with Gasteiger partial charge in [-0.15, -0.1) is 0 Å². The summed E-state index contributed by atoms with van der Waals surface area (Å²) in [5.74, 6) is 1.42. The lowest BCUT2D eigenvalue weighted by Gasteiger charge is -2.23. The minimum Gasteiger partial charge on any atom is -0.494 e. The van der Waals surface area contributed by atoms with Crippen LogP contribution >= 0.6 is 0 Å². The van der Waals surface area contributed by atoms with Gasteiger partial charge in [-0.1, -0.05) is 0 Å².